The van der Waals surface area contributed by atoms with Crippen molar-refractivity contribution in [1.82, 2.24) is 5.32 Å². The van der Waals surface area contributed by atoms with Crippen molar-refractivity contribution in [1.29, 1.82) is 5.26 Å². The number of nitrogens with one attached hydrogen (secondary N) is 1. The zero-order valence-corrected chi connectivity index (χ0v) is 16.9. The van der Waals surface area contributed by atoms with Crippen LogP contribution in [0, 0.1) is 11.3 Å². The molecule has 0 bridgehead atoms. The molecule has 7 nitrogen and oxygen atoms in total. The molecule has 1 aliphatic heterocycles. The number of nitriles is 1. The van der Waals surface area contributed by atoms with E-state index in [1.54, 1.807) is 6.07 Å². The Bertz CT molecular complexity index is 1070. The maximum absolute atomic E-state index is 14.0. The summed E-state index contributed by atoms with van der Waals surface area (Å²) in [5.41, 5.74) is -2.11. The van der Waals surface area contributed by atoms with Crippen molar-refractivity contribution in [2.24, 2.45) is 0 Å². The quantitative estimate of drug-likeness (QED) is 0.378. The highest BCUT2D eigenvalue weighted by atomic mass is 19.4. The van der Waals surface area contributed by atoms with Crippen LogP contribution in [-0.4, -0.2) is 65.9 Å². The van der Waals surface area contributed by atoms with Gasteiger partial charge < -0.3 is 25.5 Å². The average Bonchev–Trinajstić information content (AvgIpc) is 2.72. The van der Waals surface area contributed by atoms with Gasteiger partial charge in [-0.1, -0.05) is 24.3 Å². The van der Waals surface area contributed by atoms with Gasteiger partial charge in [-0.15, -0.1) is 0 Å². The number of aliphatic hydroxyl groups excluding tert-OH is 3. The molecule has 0 saturated carbocycles. The Balaban J connectivity index is 2.05. The summed E-state index contributed by atoms with van der Waals surface area (Å²) in [5.74, 6) is -1.35. The van der Waals surface area contributed by atoms with Gasteiger partial charge >= 0.3 is 6.18 Å². The molecule has 3 rings (SSSR count). The largest absolute Gasteiger partial charge is 0.418 e. The zero-order chi connectivity index (χ0) is 23.5. The number of benzene rings is 2. The van der Waals surface area contributed by atoms with E-state index in [2.05, 4.69) is 0 Å². The van der Waals surface area contributed by atoms with Crippen LogP contribution in [0.4, 0.5) is 18.9 Å². The molecule has 1 heterocycles. The van der Waals surface area contributed by atoms with Crippen molar-refractivity contribution in [3.8, 4) is 6.07 Å². The molecule has 2 aromatic rings. The highest BCUT2D eigenvalue weighted by molar-refractivity contribution is 6.07. The second-order valence-electron chi connectivity index (χ2n) is 7.44. The van der Waals surface area contributed by atoms with Gasteiger partial charge in [0.2, 0.25) is 0 Å². The van der Waals surface area contributed by atoms with E-state index in [0.29, 0.717) is 5.39 Å². The van der Waals surface area contributed by atoms with Crippen LogP contribution in [0.1, 0.15) is 12.0 Å². The van der Waals surface area contributed by atoms with Crippen molar-refractivity contribution < 1.29 is 33.3 Å². The minimum atomic E-state index is -5.01. The number of halogens is 3. The molecule has 0 aliphatic carbocycles. The minimum absolute atomic E-state index is 0.333. The van der Waals surface area contributed by atoms with E-state index in [-0.39, 0.29) is 5.56 Å². The lowest BCUT2D eigenvalue weighted by Crippen LogP contribution is -2.41. The lowest BCUT2D eigenvalue weighted by atomic mass is 9.95. The number of hydrogen-bond donors (Lipinski definition) is 4. The number of carbonyl (C=O) groups is 1. The summed E-state index contributed by atoms with van der Waals surface area (Å²) in [4.78, 5) is 14.4. The summed E-state index contributed by atoms with van der Waals surface area (Å²) in [5, 5.41) is 40.4. The number of fused-ring (bicyclic) bond motifs is 1. The number of anilines is 1. The maximum Gasteiger partial charge on any atom is 0.418 e. The van der Waals surface area contributed by atoms with Gasteiger partial charge in [-0.25, -0.2) is 0 Å². The number of carbonyl (C=O) groups excluding carboxylic acids is 1. The van der Waals surface area contributed by atoms with Crippen molar-refractivity contribution in [2.45, 2.75) is 24.8 Å². The van der Waals surface area contributed by atoms with Crippen LogP contribution in [0.2, 0.25) is 0 Å². The maximum atomic E-state index is 14.0. The molecule has 0 spiro atoms. The topological polar surface area (TPSA) is 117 Å². The normalized spacial score (nSPS) is 16.6. The van der Waals surface area contributed by atoms with E-state index in [9.17, 15) is 33.4 Å². The Kier molecular flexibility index (Phi) is 7.03. The molecular weight excluding hydrogens is 427 g/mol. The fourth-order valence-corrected chi connectivity index (χ4v) is 3.46. The Morgan fingerprint density at radius 2 is 1.91 bits per heavy atom. The average molecular weight is 449 g/mol. The predicted molar refractivity (Wildman–Crippen MR) is 111 cm³/mol. The number of aliphatic hydroxyl groups is 3. The Labute approximate surface area is 182 Å². The van der Waals surface area contributed by atoms with E-state index in [1.165, 1.54) is 24.3 Å². The number of hydrogen-bond acceptors (Lipinski definition) is 6. The third kappa shape index (κ3) is 4.85. The highest BCUT2D eigenvalue weighted by Gasteiger charge is 2.40. The van der Waals surface area contributed by atoms with E-state index in [1.807, 2.05) is 22.3 Å². The fraction of sp³-hybridized carbons (Fsp3) is 0.364. The van der Waals surface area contributed by atoms with Gasteiger partial charge in [-0.05, 0) is 29.5 Å². The third-order valence-corrected chi connectivity index (χ3v) is 5.32. The highest BCUT2D eigenvalue weighted by Crippen LogP contribution is 2.39. The molecule has 4 N–H and O–H groups in total. The van der Waals surface area contributed by atoms with Crippen molar-refractivity contribution >= 4 is 27.9 Å². The summed E-state index contributed by atoms with van der Waals surface area (Å²) >= 11 is 0. The molecule has 2 unspecified atom stereocenters. The molecule has 10 heteroatoms. The first-order valence-electron chi connectivity index (χ1n) is 9.92. The van der Waals surface area contributed by atoms with Gasteiger partial charge in [0, 0.05) is 30.7 Å². The number of alkyl halides is 3. The molecule has 1 fully saturated rings. The van der Waals surface area contributed by atoms with Crippen molar-refractivity contribution in [2.75, 3.05) is 31.1 Å². The molecule has 170 valence electrons. The SMILES string of the molecule is N#C/C(C(=O)NCC(O)C(O)CO)=C(\c1ccc2cccc(N3CCC3)c2c1)C(F)(F)F. The van der Waals surface area contributed by atoms with Crippen LogP contribution in [-0.2, 0) is 4.79 Å². The van der Waals surface area contributed by atoms with Gasteiger partial charge in [0.15, 0.2) is 0 Å². The van der Waals surface area contributed by atoms with Gasteiger partial charge in [0.1, 0.15) is 17.7 Å². The summed E-state index contributed by atoms with van der Waals surface area (Å²) in [6.45, 7) is 0.133. The number of rotatable bonds is 7. The predicted octanol–water partition coefficient (Wildman–Crippen LogP) is 1.72. The summed E-state index contributed by atoms with van der Waals surface area (Å²) in [6, 6.07) is 10.8. The van der Waals surface area contributed by atoms with E-state index >= 15 is 0 Å². The van der Waals surface area contributed by atoms with Crippen molar-refractivity contribution in [3.63, 3.8) is 0 Å². The summed E-state index contributed by atoms with van der Waals surface area (Å²) in [7, 11) is 0. The molecule has 0 radical (unpaired) electrons. The second-order valence-corrected chi connectivity index (χ2v) is 7.44. The Hall–Kier alpha value is -3.13. The second kappa shape index (κ2) is 9.56. The molecule has 1 aliphatic rings. The van der Waals surface area contributed by atoms with Gasteiger partial charge in [0.25, 0.3) is 5.91 Å². The number of nitrogens with zero attached hydrogens (tertiary/aromatic N) is 2. The summed E-state index contributed by atoms with van der Waals surface area (Å²) < 4.78 is 42.0. The molecule has 1 amide bonds. The molecule has 1 saturated heterocycles. The Morgan fingerprint density at radius 1 is 1.19 bits per heavy atom. The van der Waals surface area contributed by atoms with Crippen LogP contribution < -0.4 is 10.2 Å². The smallest absolute Gasteiger partial charge is 0.394 e. The molecule has 32 heavy (non-hydrogen) atoms. The van der Waals surface area contributed by atoms with Crippen LogP contribution >= 0.6 is 0 Å². The van der Waals surface area contributed by atoms with Crippen LogP contribution in [0.3, 0.4) is 0 Å². The van der Waals surface area contributed by atoms with Crippen molar-refractivity contribution in [3.05, 3.63) is 47.5 Å². The van der Waals surface area contributed by atoms with Gasteiger partial charge in [-0.2, -0.15) is 18.4 Å². The minimum Gasteiger partial charge on any atom is -0.394 e. The molecular formula is C22H22F3N3O4. The van der Waals surface area contributed by atoms with E-state index in [4.69, 9.17) is 5.11 Å². The van der Waals surface area contributed by atoms with E-state index in [0.717, 1.165) is 30.6 Å². The van der Waals surface area contributed by atoms with Crippen LogP contribution in [0.15, 0.2) is 42.0 Å². The van der Waals surface area contributed by atoms with Gasteiger partial charge in [-0.3, -0.25) is 4.79 Å². The lowest BCUT2D eigenvalue weighted by molar-refractivity contribution is -0.118. The summed E-state index contributed by atoms with van der Waals surface area (Å²) in [6.07, 6.45) is -7.23. The molecule has 2 atom stereocenters. The lowest BCUT2D eigenvalue weighted by Gasteiger charge is -2.34. The monoisotopic (exact) mass is 449 g/mol. The third-order valence-electron chi connectivity index (χ3n) is 5.32. The number of amides is 1. The standard InChI is InChI=1S/C22H22F3N3O4/c23-22(24,25)20(16(10-26)21(32)27-11-18(30)19(31)12-29)14-6-5-13-3-1-4-17(15(13)9-14)28-7-2-8-28/h1,3-6,9,18-19,29-31H,2,7-8,11-12H2,(H,27,32)/b20-16-. The van der Waals surface area contributed by atoms with Crippen LogP contribution in [0.25, 0.3) is 16.3 Å². The molecule has 2 aromatic carbocycles. The molecule has 0 aromatic heterocycles. The zero-order valence-electron chi connectivity index (χ0n) is 16.9. The first-order valence-corrected chi connectivity index (χ1v) is 9.92. The first-order chi connectivity index (χ1) is 15.2. The van der Waals surface area contributed by atoms with Crippen LogP contribution in [0.5, 0.6) is 0 Å². The van der Waals surface area contributed by atoms with Gasteiger partial charge in [0.05, 0.1) is 18.3 Å². The fourth-order valence-electron chi connectivity index (χ4n) is 3.46. The van der Waals surface area contributed by atoms with E-state index < -0.39 is 48.6 Å². The first kappa shape index (κ1) is 23.5. The number of allylic oxidation sites excluding steroid dienone is 1. The Morgan fingerprint density at radius 3 is 2.47 bits per heavy atom.